The molecule has 0 unspecified atom stereocenters. The second-order valence-corrected chi connectivity index (χ2v) is 7.49. The summed E-state index contributed by atoms with van der Waals surface area (Å²) in [4.78, 5) is 12.2. The Hall–Kier alpha value is -2.58. The lowest BCUT2D eigenvalue weighted by atomic mass is 10.3. The number of amides is 1. The molecule has 0 aliphatic carbocycles. The van der Waals surface area contributed by atoms with Crippen molar-refractivity contribution in [1.82, 2.24) is 4.31 Å². The molecule has 0 saturated heterocycles. The number of carbonyl (C=O) groups is 1. The van der Waals surface area contributed by atoms with Crippen LogP contribution in [0.5, 0.6) is 11.5 Å². The van der Waals surface area contributed by atoms with Crippen LogP contribution in [-0.2, 0) is 14.8 Å². The van der Waals surface area contributed by atoms with E-state index in [4.69, 9.17) is 9.47 Å². The van der Waals surface area contributed by atoms with Crippen LogP contribution in [0.15, 0.2) is 53.4 Å². The number of benzene rings is 2. The molecule has 2 rings (SSSR count). The van der Waals surface area contributed by atoms with Crippen LogP contribution in [0.2, 0.25) is 0 Å². The van der Waals surface area contributed by atoms with Crippen molar-refractivity contribution in [1.29, 1.82) is 0 Å². The highest BCUT2D eigenvalue weighted by Gasteiger charge is 2.23. The lowest BCUT2D eigenvalue weighted by Gasteiger charge is -2.17. The molecule has 0 aromatic heterocycles. The highest BCUT2D eigenvalue weighted by Crippen LogP contribution is 2.19. The summed E-state index contributed by atoms with van der Waals surface area (Å²) in [5, 5.41) is 2.65. The van der Waals surface area contributed by atoms with E-state index < -0.39 is 15.9 Å². The Balaban J connectivity index is 2.01. The van der Waals surface area contributed by atoms with Crippen molar-refractivity contribution < 1.29 is 22.7 Å². The summed E-state index contributed by atoms with van der Waals surface area (Å²) in [6.45, 7) is 2.04. The zero-order valence-corrected chi connectivity index (χ0v) is 15.7. The minimum absolute atomic E-state index is 0.0979. The molecule has 2 aromatic rings. The summed E-state index contributed by atoms with van der Waals surface area (Å²) < 4.78 is 36.5. The molecule has 0 saturated carbocycles. The predicted molar refractivity (Wildman–Crippen MR) is 99.1 cm³/mol. The van der Waals surface area contributed by atoms with E-state index in [0.717, 1.165) is 4.31 Å². The van der Waals surface area contributed by atoms with Crippen LogP contribution >= 0.6 is 0 Å². The molecule has 0 radical (unpaired) electrons. The van der Waals surface area contributed by atoms with Crippen LogP contribution in [-0.4, -0.2) is 45.9 Å². The number of ether oxygens (including phenoxy) is 2. The van der Waals surface area contributed by atoms with E-state index in [0.29, 0.717) is 23.8 Å². The van der Waals surface area contributed by atoms with Gasteiger partial charge in [-0.05, 0) is 55.5 Å². The van der Waals surface area contributed by atoms with Crippen molar-refractivity contribution >= 4 is 21.6 Å². The number of methoxy groups -OCH3 is 1. The van der Waals surface area contributed by atoms with Crippen LogP contribution in [0.3, 0.4) is 0 Å². The third kappa shape index (κ3) is 4.96. The first-order valence-electron chi connectivity index (χ1n) is 8.00. The molecule has 1 amide bonds. The minimum Gasteiger partial charge on any atom is -0.497 e. The van der Waals surface area contributed by atoms with Gasteiger partial charge in [-0.3, -0.25) is 4.79 Å². The SMILES string of the molecule is CCOc1ccc(S(=O)(=O)N(C)CC(=O)Nc2ccc(OC)cc2)cc1. The number of nitrogens with one attached hydrogen (secondary N) is 1. The first-order valence-corrected chi connectivity index (χ1v) is 9.44. The number of sulfonamides is 1. The second-order valence-electron chi connectivity index (χ2n) is 5.44. The summed E-state index contributed by atoms with van der Waals surface area (Å²) in [5.41, 5.74) is 0.558. The van der Waals surface area contributed by atoms with Gasteiger partial charge in [0.15, 0.2) is 0 Å². The summed E-state index contributed by atoms with van der Waals surface area (Å²) in [6, 6.07) is 12.8. The minimum atomic E-state index is -3.77. The summed E-state index contributed by atoms with van der Waals surface area (Å²) in [6.07, 6.45) is 0. The second kappa shape index (κ2) is 8.68. The zero-order chi connectivity index (χ0) is 19.2. The fraction of sp³-hybridized carbons (Fsp3) is 0.278. The van der Waals surface area contributed by atoms with Gasteiger partial charge in [-0.25, -0.2) is 8.42 Å². The zero-order valence-electron chi connectivity index (χ0n) is 14.9. The van der Waals surface area contributed by atoms with Gasteiger partial charge < -0.3 is 14.8 Å². The Morgan fingerprint density at radius 1 is 1.04 bits per heavy atom. The van der Waals surface area contributed by atoms with Crippen molar-refractivity contribution in [2.24, 2.45) is 0 Å². The standard InChI is InChI=1S/C18H22N2O5S/c1-4-25-16-9-11-17(12-10-16)26(22,23)20(2)13-18(21)19-14-5-7-15(24-3)8-6-14/h5-12H,4,13H2,1-3H3,(H,19,21). The average Bonchev–Trinajstić information content (AvgIpc) is 2.63. The molecule has 7 nitrogen and oxygen atoms in total. The van der Waals surface area contributed by atoms with E-state index in [-0.39, 0.29) is 11.4 Å². The van der Waals surface area contributed by atoms with E-state index in [9.17, 15) is 13.2 Å². The monoisotopic (exact) mass is 378 g/mol. The van der Waals surface area contributed by atoms with Gasteiger partial charge in [0.1, 0.15) is 11.5 Å². The molecular formula is C18H22N2O5S. The van der Waals surface area contributed by atoms with Crippen molar-refractivity contribution in [3.63, 3.8) is 0 Å². The van der Waals surface area contributed by atoms with E-state index in [1.54, 1.807) is 43.5 Å². The predicted octanol–water partition coefficient (Wildman–Crippen LogP) is 2.35. The first-order chi connectivity index (χ1) is 12.4. The summed E-state index contributed by atoms with van der Waals surface area (Å²) in [5.74, 6) is 0.816. The molecule has 0 bridgehead atoms. The molecule has 0 heterocycles. The van der Waals surface area contributed by atoms with Crippen LogP contribution in [0, 0.1) is 0 Å². The molecule has 8 heteroatoms. The van der Waals surface area contributed by atoms with Gasteiger partial charge in [-0.1, -0.05) is 0 Å². The molecular weight excluding hydrogens is 356 g/mol. The van der Waals surface area contributed by atoms with Crippen LogP contribution in [0.4, 0.5) is 5.69 Å². The Morgan fingerprint density at radius 2 is 1.62 bits per heavy atom. The fourth-order valence-electron chi connectivity index (χ4n) is 2.22. The van der Waals surface area contributed by atoms with E-state index in [1.165, 1.54) is 19.2 Å². The number of hydrogen-bond acceptors (Lipinski definition) is 5. The summed E-state index contributed by atoms with van der Waals surface area (Å²) in [7, 11) is -0.861. The third-order valence-electron chi connectivity index (χ3n) is 3.58. The highest BCUT2D eigenvalue weighted by molar-refractivity contribution is 7.89. The highest BCUT2D eigenvalue weighted by atomic mass is 32.2. The largest absolute Gasteiger partial charge is 0.497 e. The number of rotatable bonds is 8. The molecule has 0 fully saturated rings. The normalized spacial score (nSPS) is 11.2. The first kappa shape index (κ1) is 19.7. The van der Waals surface area contributed by atoms with E-state index in [1.807, 2.05) is 6.92 Å². The van der Waals surface area contributed by atoms with Gasteiger partial charge in [-0.15, -0.1) is 0 Å². The van der Waals surface area contributed by atoms with Crippen molar-refractivity contribution in [3.8, 4) is 11.5 Å². The van der Waals surface area contributed by atoms with Gasteiger partial charge in [0, 0.05) is 12.7 Å². The number of hydrogen-bond donors (Lipinski definition) is 1. The van der Waals surface area contributed by atoms with Gasteiger partial charge in [0.2, 0.25) is 15.9 Å². The molecule has 0 atom stereocenters. The molecule has 0 spiro atoms. The smallest absolute Gasteiger partial charge is 0.243 e. The fourth-order valence-corrected chi connectivity index (χ4v) is 3.34. The Morgan fingerprint density at radius 3 is 2.15 bits per heavy atom. The van der Waals surface area contributed by atoms with Crippen LogP contribution < -0.4 is 14.8 Å². The van der Waals surface area contributed by atoms with Gasteiger partial charge in [0.05, 0.1) is 25.2 Å². The number of anilines is 1. The average molecular weight is 378 g/mol. The lowest BCUT2D eigenvalue weighted by molar-refractivity contribution is -0.116. The van der Waals surface area contributed by atoms with E-state index >= 15 is 0 Å². The molecule has 1 N–H and O–H groups in total. The number of nitrogens with zero attached hydrogens (tertiary/aromatic N) is 1. The van der Waals surface area contributed by atoms with Gasteiger partial charge in [-0.2, -0.15) is 4.31 Å². The molecule has 26 heavy (non-hydrogen) atoms. The molecule has 2 aromatic carbocycles. The molecule has 0 aliphatic heterocycles. The number of likely N-dealkylation sites (N-methyl/N-ethyl adjacent to an activating group) is 1. The summed E-state index contributed by atoms with van der Waals surface area (Å²) >= 11 is 0. The maximum Gasteiger partial charge on any atom is 0.243 e. The Labute approximate surface area is 153 Å². The maximum absolute atomic E-state index is 12.6. The topological polar surface area (TPSA) is 84.9 Å². The van der Waals surface area contributed by atoms with Crippen molar-refractivity contribution in [2.75, 3.05) is 32.6 Å². The quantitative estimate of drug-likeness (QED) is 0.762. The molecule has 140 valence electrons. The van der Waals surface area contributed by atoms with Crippen LogP contribution in [0.25, 0.3) is 0 Å². The molecule has 0 aliphatic rings. The number of carbonyl (C=O) groups excluding carboxylic acids is 1. The third-order valence-corrected chi connectivity index (χ3v) is 5.40. The van der Waals surface area contributed by atoms with Crippen LogP contribution in [0.1, 0.15) is 6.92 Å². The Kier molecular flexibility index (Phi) is 6.59. The van der Waals surface area contributed by atoms with Crippen molar-refractivity contribution in [3.05, 3.63) is 48.5 Å². The Bertz CT molecular complexity index is 833. The maximum atomic E-state index is 12.6. The lowest BCUT2D eigenvalue weighted by Crippen LogP contribution is -2.34. The van der Waals surface area contributed by atoms with E-state index in [2.05, 4.69) is 5.32 Å². The van der Waals surface area contributed by atoms with Gasteiger partial charge >= 0.3 is 0 Å². The van der Waals surface area contributed by atoms with Crippen molar-refractivity contribution in [2.45, 2.75) is 11.8 Å². The van der Waals surface area contributed by atoms with Gasteiger partial charge in [0.25, 0.3) is 0 Å².